The number of carbonyl (C=O) groups is 1. The summed E-state index contributed by atoms with van der Waals surface area (Å²) in [5.74, 6) is 0.479. The van der Waals surface area contributed by atoms with Crippen molar-refractivity contribution in [3.05, 3.63) is 52.1 Å². The second-order valence-electron chi connectivity index (χ2n) is 4.92. The molecule has 0 fully saturated rings. The number of anilines is 1. The van der Waals surface area contributed by atoms with Gasteiger partial charge < -0.3 is 10.2 Å². The highest BCUT2D eigenvalue weighted by Crippen LogP contribution is 2.20. The summed E-state index contributed by atoms with van der Waals surface area (Å²) < 4.78 is 1.03. The first-order valence-corrected chi connectivity index (χ1v) is 7.34. The number of halogens is 1. The summed E-state index contributed by atoms with van der Waals surface area (Å²) in [4.78, 5) is 13.2. The van der Waals surface area contributed by atoms with Crippen LogP contribution < -0.4 is 5.32 Å². The zero-order chi connectivity index (χ0) is 15.4. The predicted octanol–water partition coefficient (Wildman–Crippen LogP) is 3.11. The lowest BCUT2D eigenvalue weighted by atomic mass is 10.1. The van der Waals surface area contributed by atoms with Gasteiger partial charge in [-0.05, 0) is 36.8 Å². The zero-order valence-electron chi connectivity index (χ0n) is 12.2. The Labute approximate surface area is 132 Å². The average Bonchev–Trinajstić information content (AvgIpc) is 2.47. The Morgan fingerprint density at radius 1 is 1.24 bits per heavy atom. The standard InChI is InChI=1S/C15H17BrN4O/c1-10(11-5-4-6-12(16)9-11)17-14-8-7-13(18-19-14)15(21)20(2)3/h4-10H,1-3H3,(H,17,19). The molecule has 0 aliphatic carbocycles. The van der Waals surface area contributed by atoms with Crippen LogP contribution in [0.4, 0.5) is 5.82 Å². The predicted molar refractivity (Wildman–Crippen MR) is 86.2 cm³/mol. The maximum atomic E-state index is 11.7. The van der Waals surface area contributed by atoms with Crippen molar-refractivity contribution in [2.24, 2.45) is 0 Å². The number of hydrogen-bond donors (Lipinski definition) is 1. The summed E-state index contributed by atoms with van der Waals surface area (Å²) in [5, 5.41) is 11.3. The molecule has 1 aromatic carbocycles. The minimum atomic E-state index is -0.158. The quantitative estimate of drug-likeness (QED) is 0.922. The van der Waals surface area contributed by atoms with Crippen molar-refractivity contribution in [2.45, 2.75) is 13.0 Å². The van der Waals surface area contributed by atoms with E-state index in [0.29, 0.717) is 11.5 Å². The molecule has 1 unspecified atom stereocenters. The molecule has 0 radical (unpaired) electrons. The van der Waals surface area contributed by atoms with E-state index in [0.717, 1.165) is 10.0 Å². The van der Waals surface area contributed by atoms with Crippen LogP contribution in [0.2, 0.25) is 0 Å². The van der Waals surface area contributed by atoms with Gasteiger partial charge in [0, 0.05) is 18.6 Å². The molecule has 0 spiro atoms. The van der Waals surface area contributed by atoms with E-state index < -0.39 is 0 Å². The minimum absolute atomic E-state index is 0.0900. The van der Waals surface area contributed by atoms with E-state index in [-0.39, 0.29) is 11.9 Å². The summed E-state index contributed by atoms with van der Waals surface area (Å²) in [5.41, 5.74) is 1.47. The van der Waals surface area contributed by atoms with Crippen LogP contribution in [0.1, 0.15) is 29.0 Å². The highest BCUT2D eigenvalue weighted by molar-refractivity contribution is 9.10. The van der Waals surface area contributed by atoms with Gasteiger partial charge in [0.25, 0.3) is 5.91 Å². The third-order valence-corrected chi connectivity index (χ3v) is 3.50. The van der Waals surface area contributed by atoms with Crippen LogP contribution in [-0.2, 0) is 0 Å². The summed E-state index contributed by atoms with van der Waals surface area (Å²) in [6.45, 7) is 2.04. The lowest BCUT2D eigenvalue weighted by Crippen LogP contribution is -2.23. The topological polar surface area (TPSA) is 58.1 Å². The van der Waals surface area contributed by atoms with Crippen molar-refractivity contribution in [2.75, 3.05) is 19.4 Å². The lowest BCUT2D eigenvalue weighted by molar-refractivity contribution is 0.0821. The maximum Gasteiger partial charge on any atom is 0.273 e. The summed E-state index contributed by atoms with van der Waals surface area (Å²) in [6.07, 6.45) is 0. The van der Waals surface area contributed by atoms with Gasteiger partial charge in [0.15, 0.2) is 5.69 Å². The van der Waals surface area contributed by atoms with E-state index in [1.54, 1.807) is 26.2 Å². The fourth-order valence-electron chi connectivity index (χ4n) is 1.83. The monoisotopic (exact) mass is 348 g/mol. The summed E-state index contributed by atoms with van der Waals surface area (Å²) in [6, 6.07) is 11.6. The van der Waals surface area contributed by atoms with Gasteiger partial charge in [-0.2, -0.15) is 0 Å². The summed E-state index contributed by atoms with van der Waals surface area (Å²) in [7, 11) is 3.37. The largest absolute Gasteiger partial charge is 0.362 e. The van der Waals surface area contributed by atoms with Crippen molar-refractivity contribution in [3.8, 4) is 0 Å². The third kappa shape index (κ3) is 4.01. The van der Waals surface area contributed by atoms with E-state index in [2.05, 4.69) is 37.5 Å². The highest BCUT2D eigenvalue weighted by Gasteiger charge is 2.11. The number of nitrogens with one attached hydrogen (secondary N) is 1. The van der Waals surface area contributed by atoms with Gasteiger partial charge in [0.05, 0.1) is 6.04 Å². The average molecular weight is 349 g/mol. The molecular formula is C15H17BrN4O. The van der Waals surface area contributed by atoms with Crippen LogP contribution in [0.15, 0.2) is 40.9 Å². The van der Waals surface area contributed by atoms with Crippen molar-refractivity contribution in [1.29, 1.82) is 0 Å². The molecule has 1 atom stereocenters. The van der Waals surface area contributed by atoms with Gasteiger partial charge in [-0.15, -0.1) is 10.2 Å². The normalized spacial score (nSPS) is 11.8. The highest BCUT2D eigenvalue weighted by atomic mass is 79.9. The number of hydrogen-bond acceptors (Lipinski definition) is 4. The molecule has 1 aromatic heterocycles. The van der Waals surface area contributed by atoms with E-state index in [1.165, 1.54) is 4.90 Å². The smallest absolute Gasteiger partial charge is 0.273 e. The molecule has 1 N–H and O–H groups in total. The lowest BCUT2D eigenvalue weighted by Gasteiger charge is -2.15. The molecule has 0 aliphatic heterocycles. The number of amides is 1. The van der Waals surface area contributed by atoms with Crippen molar-refractivity contribution in [3.63, 3.8) is 0 Å². The fourth-order valence-corrected chi connectivity index (χ4v) is 2.25. The second-order valence-corrected chi connectivity index (χ2v) is 5.84. The molecule has 1 heterocycles. The van der Waals surface area contributed by atoms with Gasteiger partial charge in [-0.25, -0.2) is 0 Å². The summed E-state index contributed by atoms with van der Waals surface area (Å²) >= 11 is 3.46. The number of benzene rings is 1. The fraction of sp³-hybridized carbons (Fsp3) is 0.267. The first-order valence-electron chi connectivity index (χ1n) is 6.55. The Morgan fingerprint density at radius 3 is 2.57 bits per heavy atom. The van der Waals surface area contributed by atoms with Crippen LogP contribution in [-0.4, -0.2) is 35.1 Å². The Balaban J connectivity index is 2.08. The first kappa shape index (κ1) is 15.4. The number of aromatic nitrogens is 2. The maximum absolute atomic E-state index is 11.7. The first-order chi connectivity index (χ1) is 9.97. The van der Waals surface area contributed by atoms with Gasteiger partial charge >= 0.3 is 0 Å². The molecule has 1 amide bonds. The molecule has 2 aromatic rings. The van der Waals surface area contributed by atoms with E-state index in [4.69, 9.17) is 0 Å². The van der Waals surface area contributed by atoms with Gasteiger partial charge in [0.1, 0.15) is 5.82 Å². The Hall–Kier alpha value is -1.95. The van der Waals surface area contributed by atoms with Crippen LogP contribution in [0.25, 0.3) is 0 Å². The van der Waals surface area contributed by atoms with Crippen LogP contribution in [0, 0.1) is 0 Å². The van der Waals surface area contributed by atoms with Gasteiger partial charge in [-0.3, -0.25) is 4.79 Å². The zero-order valence-corrected chi connectivity index (χ0v) is 13.8. The molecule has 0 bridgehead atoms. The number of carbonyl (C=O) groups excluding carboxylic acids is 1. The minimum Gasteiger partial charge on any atom is -0.362 e. The molecule has 2 rings (SSSR count). The third-order valence-electron chi connectivity index (χ3n) is 3.00. The van der Waals surface area contributed by atoms with Gasteiger partial charge in [0.2, 0.25) is 0 Å². The van der Waals surface area contributed by atoms with E-state index >= 15 is 0 Å². The number of nitrogens with zero attached hydrogens (tertiary/aromatic N) is 3. The van der Waals surface area contributed by atoms with Crippen molar-refractivity contribution >= 4 is 27.7 Å². The molecule has 6 heteroatoms. The van der Waals surface area contributed by atoms with E-state index in [9.17, 15) is 4.79 Å². The molecule has 0 saturated heterocycles. The Morgan fingerprint density at radius 2 is 2.00 bits per heavy atom. The van der Waals surface area contributed by atoms with Crippen LogP contribution in [0.3, 0.4) is 0 Å². The number of rotatable bonds is 4. The molecule has 21 heavy (non-hydrogen) atoms. The van der Waals surface area contributed by atoms with Gasteiger partial charge in [-0.1, -0.05) is 28.1 Å². The molecule has 0 aliphatic rings. The molecule has 110 valence electrons. The Bertz CT molecular complexity index is 628. The van der Waals surface area contributed by atoms with E-state index in [1.807, 2.05) is 25.1 Å². The van der Waals surface area contributed by atoms with Crippen LogP contribution >= 0.6 is 15.9 Å². The van der Waals surface area contributed by atoms with Crippen molar-refractivity contribution in [1.82, 2.24) is 15.1 Å². The molecule has 0 saturated carbocycles. The SMILES string of the molecule is CC(Nc1ccc(C(=O)N(C)C)nn1)c1cccc(Br)c1. The molecule has 5 nitrogen and oxygen atoms in total. The van der Waals surface area contributed by atoms with Crippen LogP contribution in [0.5, 0.6) is 0 Å². The molecular weight excluding hydrogens is 332 g/mol. The Kier molecular flexibility index (Phi) is 4.90. The van der Waals surface area contributed by atoms with Crippen molar-refractivity contribution < 1.29 is 4.79 Å². The second kappa shape index (κ2) is 6.67.